The summed E-state index contributed by atoms with van der Waals surface area (Å²) in [6, 6.07) is -0.219. The van der Waals surface area contributed by atoms with Crippen molar-refractivity contribution >= 4 is 27.6 Å². The van der Waals surface area contributed by atoms with E-state index in [4.69, 9.17) is 0 Å². The third kappa shape index (κ3) is 3.80. The minimum absolute atomic E-state index is 0.0682. The summed E-state index contributed by atoms with van der Waals surface area (Å²) in [5.41, 5.74) is -0.645. The Morgan fingerprint density at radius 2 is 1.89 bits per heavy atom. The molecule has 2 amide bonds. The summed E-state index contributed by atoms with van der Waals surface area (Å²) in [5, 5.41) is 2.99. The van der Waals surface area contributed by atoms with Crippen LogP contribution in [0.15, 0.2) is 9.59 Å². The summed E-state index contributed by atoms with van der Waals surface area (Å²) in [7, 11) is 0. The molecule has 0 spiro atoms. The molecule has 2 aromatic rings. The second kappa shape index (κ2) is 7.61. The lowest BCUT2D eigenvalue weighted by molar-refractivity contribution is -0.136. The van der Waals surface area contributed by atoms with Gasteiger partial charge in [0.1, 0.15) is 4.83 Å². The van der Waals surface area contributed by atoms with Crippen LogP contribution in [0, 0.1) is 6.92 Å². The predicted molar refractivity (Wildman–Crippen MR) is 99.9 cm³/mol. The van der Waals surface area contributed by atoms with Gasteiger partial charge in [0.05, 0.1) is 18.4 Å². The lowest BCUT2D eigenvalue weighted by Gasteiger charge is -2.27. The largest absolute Gasteiger partial charge is 0.390 e. The second-order valence-corrected chi connectivity index (χ2v) is 7.77. The lowest BCUT2D eigenvalue weighted by atomic mass is 10.2. The van der Waals surface area contributed by atoms with Crippen molar-refractivity contribution in [2.24, 2.45) is 0 Å². The zero-order valence-corrected chi connectivity index (χ0v) is 16.4. The highest BCUT2D eigenvalue weighted by atomic mass is 32.1. The first-order chi connectivity index (χ1) is 13.1. The third-order valence-electron chi connectivity index (χ3n) is 4.83. The van der Waals surface area contributed by atoms with E-state index < -0.39 is 30.4 Å². The van der Waals surface area contributed by atoms with Crippen molar-refractivity contribution < 1.29 is 18.0 Å². The van der Waals surface area contributed by atoms with Gasteiger partial charge in [0.25, 0.3) is 5.56 Å². The quantitative estimate of drug-likeness (QED) is 0.810. The molecular weight excluding hydrogens is 397 g/mol. The normalized spacial score (nSPS) is 15.3. The van der Waals surface area contributed by atoms with Crippen LogP contribution in [0.2, 0.25) is 0 Å². The van der Waals surface area contributed by atoms with Crippen LogP contribution in [0.1, 0.15) is 30.2 Å². The predicted octanol–water partition coefficient (Wildman–Crippen LogP) is 2.42. The molecule has 0 aromatic carbocycles. The first-order valence-electron chi connectivity index (χ1n) is 8.99. The highest BCUT2D eigenvalue weighted by molar-refractivity contribution is 7.18. The molecule has 0 radical (unpaired) electrons. The van der Waals surface area contributed by atoms with Gasteiger partial charge in [0, 0.05) is 31.1 Å². The van der Waals surface area contributed by atoms with Crippen LogP contribution < -0.4 is 16.6 Å². The molecule has 0 saturated carbocycles. The van der Waals surface area contributed by atoms with E-state index in [2.05, 4.69) is 5.32 Å². The minimum atomic E-state index is -4.42. The van der Waals surface area contributed by atoms with Gasteiger partial charge in [-0.3, -0.25) is 13.9 Å². The molecule has 1 N–H and O–H groups in total. The van der Waals surface area contributed by atoms with E-state index in [1.54, 1.807) is 18.7 Å². The first-order valence-corrected chi connectivity index (χ1v) is 9.80. The molecule has 0 atom stereocenters. The molecule has 11 heteroatoms. The highest BCUT2D eigenvalue weighted by Crippen LogP contribution is 2.30. The fraction of sp³-hybridized carbons (Fsp3) is 0.588. The number of hydrogen-bond donors (Lipinski definition) is 1. The summed E-state index contributed by atoms with van der Waals surface area (Å²) in [4.78, 5) is 39.9. The zero-order valence-electron chi connectivity index (χ0n) is 15.6. The van der Waals surface area contributed by atoms with Crippen molar-refractivity contribution in [3.63, 3.8) is 0 Å². The van der Waals surface area contributed by atoms with Crippen molar-refractivity contribution in [3.8, 4) is 0 Å². The van der Waals surface area contributed by atoms with Gasteiger partial charge >= 0.3 is 17.9 Å². The highest BCUT2D eigenvalue weighted by Gasteiger charge is 2.29. The smallest absolute Gasteiger partial charge is 0.338 e. The molecule has 0 bridgehead atoms. The number of carbonyl (C=O) groups is 1. The maximum atomic E-state index is 12.8. The molecule has 1 aliphatic rings. The number of nitrogens with one attached hydrogen (secondary N) is 1. The van der Waals surface area contributed by atoms with E-state index >= 15 is 0 Å². The van der Waals surface area contributed by atoms with Gasteiger partial charge in [-0.25, -0.2) is 9.59 Å². The Balaban J connectivity index is 2.12. The lowest BCUT2D eigenvalue weighted by Crippen LogP contribution is -2.45. The summed E-state index contributed by atoms with van der Waals surface area (Å²) >= 11 is 1.10. The monoisotopic (exact) mass is 418 g/mol. The van der Waals surface area contributed by atoms with E-state index in [0.29, 0.717) is 23.5 Å². The number of fused-ring (bicyclic) bond motifs is 1. The average molecular weight is 418 g/mol. The molecule has 154 valence electrons. The average Bonchev–Trinajstić information content (AvgIpc) is 2.93. The molecule has 2 aromatic heterocycles. The standard InChI is InChI=1S/C17H21F3N4O3S/c1-3-23-13(25)12-10(2)11(9-22-7-4-6-21-15(22)26)28-14(12)24(16(23)27)8-5-17(18,19)20/h3-9H2,1-2H3,(H,21,26). The van der Waals surface area contributed by atoms with Gasteiger partial charge in [-0.15, -0.1) is 11.3 Å². The van der Waals surface area contributed by atoms with Crippen molar-refractivity contribution in [2.75, 3.05) is 13.1 Å². The number of nitrogens with zero attached hydrogens (tertiary/aromatic N) is 3. The van der Waals surface area contributed by atoms with Crippen LogP contribution in [0.4, 0.5) is 18.0 Å². The number of aryl methyl sites for hydroxylation is 2. The Morgan fingerprint density at radius 1 is 1.18 bits per heavy atom. The van der Waals surface area contributed by atoms with Crippen LogP contribution in [-0.2, 0) is 19.6 Å². The summed E-state index contributed by atoms with van der Waals surface area (Å²) in [6.07, 6.45) is -4.79. The number of thiophene rings is 1. The van der Waals surface area contributed by atoms with Crippen LogP contribution in [0.5, 0.6) is 0 Å². The number of rotatable bonds is 5. The Morgan fingerprint density at radius 3 is 2.50 bits per heavy atom. The molecule has 28 heavy (non-hydrogen) atoms. The van der Waals surface area contributed by atoms with Crippen LogP contribution >= 0.6 is 11.3 Å². The number of carbonyl (C=O) groups excluding carboxylic acids is 1. The number of hydrogen-bond acceptors (Lipinski definition) is 4. The van der Waals surface area contributed by atoms with Gasteiger partial charge in [-0.2, -0.15) is 13.2 Å². The van der Waals surface area contributed by atoms with E-state index in [1.165, 1.54) is 0 Å². The fourth-order valence-corrected chi connectivity index (χ4v) is 4.64. The molecule has 1 fully saturated rings. The van der Waals surface area contributed by atoms with Crippen LogP contribution in [0.3, 0.4) is 0 Å². The van der Waals surface area contributed by atoms with Crippen molar-refractivity contribution in [2.45, 2.75) is 52.5 Å². The first kappa shape index (κ1) is 20.4. The van der Waals surface area contributed by atoms with E-state index in [9.17, 15) is 27.6 Å². The summed E-state index contributed by atoms with van der Waals surface area (Å²) in [5.74, 6) is 0. The third-order valence-corrected chi connectivity index (χ3v) is 6.13. The number of alkyl halides is 3. The van der Waals surface area contributed by atoms with Crippen LogP contribution in [-0.4, -0.2) is 39.3 Å². The molecule has 1 saturated heterocycles. The number of aromatic nitrogens is 2. The minimum Gasteiger partial charge on any atom is -0.338 e. The Bertz CT molecular complexity index is 1020. The number of amides is 2. The fourth-order valence-electron chi connectivity index (χ4n) is 3.31. The molecule has 0 unspecified atom stereocenters. The summed E-state index contributed by atoms with van der Waals surface area (Å²) < 4.78 is 40.2. The Hall–Kier alpha value is -2.30. The zero-order chi connectivity index (χ0) is 20.6. The Kier molecular flexibility index (Phi) is 5.55. The van der Waals surface area contributed by atoms with Gasteiger partial charge in [0.15, 0.2) is 0 Å². The van der Waals surface area contributed by atoms with Gasteiger partial charge in [-0.1, -0.05) is 0 Å². The van der Waals surface area contributed by atoms with Crippen molar-refractivity contribution in [1.29, 1.82) is 0 Å². The molecule has 3 rings (SSSR count). The topological polar surface area (TPSA) is 76.3 Å². The van der Waals surface area contributed by atoms with E-state index in [1.807, 2.05) is 0 Å². The maximum absolute atomic E-state index is 12.8. The van der Waals surface area contributed by atoms with E-state index in [0.717, 1.165) is 26.9 Å². The molecule has 7 nitrogen and oxygen atoms in total. The Labute approximate surface area is 162 Å². The van der Waals surface area contributed by atoms with E-state index in [-0.39, 0.29) is 29.3 Å². The summed E-state index contributed by atoms with van der Waals surface area (Å²) in [6.45, 7) is 4.22. The SMILES string of the molecule is CCn1c(=O)c2c(C)c(CN3CCCNC3=O)sc2n(CCC(F)(F)F)c1=O. The van der Waals surface area contributed by atoms with Crippen molar-refractivity contribution in [3.05, 3.63) is 31.3 Å². The number of urea groups is 1. The van der Waals surface area contributed by atoms with Gasteiger partial charge < -0.3 is 10.2 Å². The molecular formula is C17H21F3N4O3S. The second-order valence-electron chi connectivity index (χ2n) is 6.69. The molecule has 1 aliphatic heterocycles. The molecule has 0 aliphatic carbocycles. The van der Waals surface area contributed by atoms with Crippen LogP contribution in [0.25, 0.3) is 10.2 Å². The van der Waals surface area contributed by atoms with Gasteiger partial charge in [-0.05, 0) is 25.8 Å². The van der Waals surface area contributed by atoms with Gasteiger partial charge in [0.2, 0.25) is 0 Å². The maximum Gasteiger partial charge on any atom is 0.390 e. The molecule has 3 heterocycles. The number of halogens is 3. The van der Waals surface area contributed by atoms with Crippen molar-refractivity contribution in [1.82, 2.24) is 19.4 Å².